The Morgan fingerprint density at radius 3 is 2.48 bits per heavy atom. The molecule has 0 saturated heterocycles. The van der Waals surface area contributed by atoms with Gasteiger partial charge >= 0.3 is 0 Å². The summed E-state index contributed by atoms with van der Waals surface area (Å²) in [6.45, 7) is 4.72. The Kier molecular flexibility index (Phi) is 6.95. The van der Waals surface area contributed by atoms with Crippen LogP contribution >= 0.6 is 0 Å². The first kappa shape index (κ1) is 18.9. The van der Waals surface area contributed by atoms with Crippen LogP contribution in [0.4, 0.5) is 4.39 Å². The average Bonchev–Trinajstić information content (AvgIpc) is 2.64. The molecule has 4 nitrogen and oxygen atoms in total. The summed E-state index contributed by atoms with van der Waals surface area (Å²) in [7, 11) is 1.43. The van der Waals surface area contributed by atoms with Crippen molar-refractivity contribution in [2.75, 3.05) is 20.2 Å². The number of methoxy groups -OCH3 is 1. The van der Waals surface area contributed by atoms with Crippen LogP contribution in [0.25, 0.3) is 0 Å². The summed E-state index contributed by atoms with van der Waals surface area (Å²) in [6, 6.07) is 14.7. The number of rotatable bonds is 8. The number of hydrogen-bond donors (Lipinski definition) is 2. The summed E-state index contributed by atoms with van der Waals surface area (Å²) in [6.07, 6.45) is 0. The summed E-state index contributed by atoms with van der Waals surface area (Å²) < 4.78 is 18.7. The third-order valence-electron chi connectivity index (χ3n) is 4.22. The Balaban J connectivity index is 1.78. The van der Waals surface area contributed by atoms with Crippen molar-refractivity contribution in [1.82, 2.24) is 10.6 Å². The molecule has 5 heteroatoms. The van der Waals surface area contributed by atoms with Crippen LogP contribution in [0.3, 0.4) is 0 Å². The molecule has 0 bridgehead atoms. The molecule has 0 aliphatic carbocycles. The molecular formula is C20H25FN2O2. The van der Waals surface area contributed by atoms with Gasteiger partial charge in [0, 0.05) is 12.6 Å². The molecule has 0 fully saturated rings. The summed E-state index contributed by atoms with van der Waals surface area (Å²) in [5, 5.41) is 6.03. The minimum absolute atomic E-state index is 0.0800. The molecule has 2 rings (SSSR count). The van der Waals surface area contributed by atoms with Crippen LogP contribution in [-0.2, 0) is 4.79 Å². The van der Waals surface area contributed by atoms with Crippen molar-refractivity contribution in [3.63, 3.8) is 0 Å². The van der Waals surface area contributed by atoms with E-state index in [1.54, 1.807) is 12.1 Å². The van der Waals surface area contributed by atoms with Crippen molar-refractivity contribution in [2.45, 2.75) is 25.8 Å². The van der Waals surface area contributed by atoms with Gasteiger partial charge in [0.15, 0.2) is 11.6 Å². The smallest absolute Gasteiger partial charge is 0.233 e. The fourth-order valence-corrected chi connectivity index (χ4v) is 2.54. The maximum Gasteiger partial charge on any atom is 0.233 e. The lowest BCUT2D eigenvalue weighted by Gasteiger charge is -2.16. The second-order valence-corrected chi connectivity index (χ2v) is 6.11. The third-order valence-corrected chi connectivity index (χ3v) is 4.22. The molecule has 25 heavy (non-hydrogen) atoms. The number of benzene rings is 2. The summed E-state index contributed by atoms with van der Waals surface area (Å²) in [5.41, 5.74) is 1.96. The molecule has 0 radical (unpaired) electrons. The zero-order valence-corrected chi connectivity index (χ0v) is 14.9. The molecule has 2 N–H and O–H groups in total. The van der Waals surface area contributed by atoms with Gasteiger partial charge in [-0.05, 0) is 36.1 Å². The molecule has 2 atom stereocenters. The van der Waals surface area contributed by atoms with E-state index in [0.717, 1.165) is 5.56 Å². The molecule has 134 valence electrons. The monoisotopic (exact) mass is 344 g/mol. The van der Waals surface area contributed by atoms with E-state index < -0.39 is 5.82 Å². The maximum atomic E-state index is 13.7. The number of carbonyl (C=O) groups excluding carboxylic acids is 1. The van der Waals surface area contributed by atoms with Gasteiger partial charge in [0.1, 0.15) is 0 Å². The minimum atomic E-state index is -0.408. The van der Waals surface area contributed by atoms with Gasteiger partial charge < -0.3 is 15.4 Å². The Bertz CT molecular complexity index is 691. The number of nitrogens with one attached hydrogen (secondary N) is 2. The second-order valence-electron chi connectivity index (χ2n) is 6.11. The van der Waals surface area contributed by atoms with Crippen LogP contribution in [0.1, 0.15) is 36.9 Å². The Labute approximate surface area is 148 Å². The minimum Gasteiger partial charge on any atom is -0.494 e. The van der Waals surface area contributed by atoms with E-state index in [1.165, 1.54) is 18.7 Å². The van der Waals surface area contributed by atoms with Gasteiger partial charge in [0.05, 0.1) is 13.7 Å². The lowest BCUT2D eigenvalue weighted by molar-refractivity contribution is -0.120. The predicted molar refractivity (Wildman–Crippen MR) is 97.2 cm³/mol. The van der Waals surface area contributed by atoms with E-state index in [9.17, 15) is 9.18 Å². The molecule has 1 amide bonds. The Morgan fingerprint density at radius 2 is 1.84 bits per heavy atom. The van der Waals surface area contributed by atoms with Gasteiger partial charge in [-0.15, -0.1) is 0 Å². The Morgan fingerprint density at radius 1 is 1.12 bits per heavy atom. The van der Waals surface area contributed by atoms with E-state index >= 15 is 0 Å². The lowest BCUT2D eigenvalue weighted by atomic mass is 10.0. The summed E-state index contributed by atoms with van der Waals surface area (Å²) in [5.74, 6) is -0.0275. The second kappa shape index (κ2) is 9.18. The average molecular weight is 344 g/mol. The first-order valence-corrected chi connectivity index (χ1v) is 8.39. The highest BCUT2D eigenvalue weighted by Gasteiger charge is 2.12. The molecule has 0 spiro atoms. The van der Waals surface area contributed by atoms with E-state index in [0.29, 0.717) is 6.54 Å². The molecule has 2 aromatic carbocycles. The number of amides is 1. The quantitative estimate of drug-likeness (QED) is 0.772. The molecule has 0 saturated carbocycles. The largest absolute Gasteiger partial charge is 0.494 e. The van der Waals surface area contributed by atoms with Gasteiger partial charge in [0.2, 0.25) is 5.91 Å². The van der Waals surface area contributed by atoms with Gasteiger partial charge in [-0.3, -0.25) is 4.79 Å². The van der Waals surface area contributed by atoms with Crippen LogP contribution < -0.4 is 15.4 Å². The highest BCUT2D eigenvalue weighted by Crippen LogP contribution is 2.21. The first-order chi connectivity index (χ1) is 12.0. The molecule has 0 heterocycles. The predicted octanol–water partition coefficient (Wildman–Crippen LogP) is 3.40. The topological polar surface area (TPSA) is 50.4 Å². The standard InChI is InChI=1S/C20H25FN2O2/c1-14(16-7-5-4-6-8-16)12-23-20(24)13-22-15(2)17-9-10-19(25-3)18(21)11-17/h4-11,14-15,22H,12-13H2,1-3H3,(H,23,24)/t14-,15+/m1/s1. The van der Waals surface area contributed by atoms with Gasteiger partial charge in [-0.2, -0.15) is 0 Å². The van der Waals surface area contributed by atoms with Crippen molar-refractivity contribution in [1.29, 1.82) is 0 Å². The van der Waals surface area contributed by atoms with E-state index in [-0.39, 0.29) is 30.2 Å². The SMILES string of the molecule is COc1ccc([C@H](C)NCC(=O)NC[C@@H](C)c2ccccc2)cc1F. The Hall–Kier alpha value is -2.40. The molecule has 0 aromatic heterocycles. The molecule has 0 aliphatic heterocycles. The van der Waals surface area contributed by atoms with Gasteiger partial charge in [-0.1, -0.05) is 43.3 Å². The summed E-state index contributed by atoms with van der Waals surface area (Å²) >= 11 is 0. The zero-order valence-electron chi connectivity index (χ0n) is 14.9. The summed E-state index contributed by atoms with van der Waals surface area (Å²) in [4.78, 5) is 12.0. The van der Waals surface area contributed by atoms with Crippen LogP contribution in [0, 0.1) is 5.82 Å². The number of ether oxygens (including phenoxy) is 1. The van der Waals surface area contributed by atoms with Crippen molar-refractivity contribution in [3.8, 4) is 5.75 Å². The van der Waals surface area contributed by atoms with Gasteiger partial charge in [-0.25, -0.2) is 4.39 Å². The van der Waals surface area contributed by atoms with Crippen molar-refractivity contribution in [3.05, 3.63) is 65.5 Å². The van der Waals surface area contributed by atoms with E-state index in [1.807, 2.05) is 25.1 Å². The normalized spacial score (nSPS) is 13.1. The molecule has 0 unspecified atom stereocenters. The molecular weight excluding hydrogens is 319 g/mol. The third kappa shape index (κ3) is 5.57. The first-order valence-electron chi connectivity index (χ1n) is 8.39. The van der Waals surface area contributed by atoms with Crippen molar-refractivity contribution < 1.29 is 13.9 Å². The van der Waals surface area contributed by atoms with Crippen molar-refractivity contribution in [2.24, 2.45) is 0 Å². The van der Waals surface area contributed by atoms with Crippen LogP contribution in [0.15, 0.2) is 48.5 Å². The van der Waals surface area contributed by atoms with E-state index in [2.05, 4.69) is 29.7 Å². The number of carbonyl (C=O) groups is 1. The fraction of sp³-hybridized carbons (Fsp3) is 0.350. The lowest BCUT2D eigenvalue weighted by Crippen LogP contribution is -2.36. The highest BCUT2D eigenvalue weighted by molar-refractivity contribution is 5.78. The van der Waals surface area contributed by atoms with E-state index in [4.69, 9.17) is 4.74 Å². The number of hydrogen-bond acceptors (Lipinski definition) is 3. The highest BCUT2D eigenvalue weighted by atomic mass is 19.1. The van der Waals surface area contributed by atoms with Gasteiger partial charge in [0.25, 0.3) is 0 Å². The van der Waals surface area contributed by atoms with Crippen LogP contribution in [0.5, 0.6) is 5.75 Å². The van der Waals surface area contributed by atoms with Crippen LogP contribution in [-0.4, -0.2) is 26.1 Å². The van der Waals surface area contributed by atoms with Crippen LogP contribution in [0.2, 0.25) is 0 Å². The molecule has 0 aliphatic rings. The zero-order chi connectivity index (χ0) is 18.2. The van der Waals surface area contributed by atoms with Crippen molar-refractivity contribution >= 4 is 5.91 Å². The maximum absolute atomic E-state index is 13.7. The molecule has 2 aromatic rings. The number of halogens is 1. The fourth-order valence-electron chi connectivity index (χ4n) is 2.54.